The predicted molar refractivity (Wildman–Crippen MR) is 77.6 cm³/mol. The first-order valence-corrected chi connectivity index (χ1v) is 7.08. The second-order valence-electron chi connectivity index (χ2n) is 5.79. The number of hydrogen-bond donors (Lipinski definition) is 2. The molecule has 1 aliphatic carbocycles. The van der Waals surface area contributed by atoms with Gasteiger partial charge in [-0.25, -0.2) is 4.79 Å². The third kappa shape index (κ3) is 3.32. The van der Waals surface area contributed by atoms with Crippen molar-refractivity contribution in [3.8, 4) is 0 Å². The van der Waals surface area contributed by atoms with Gasteiger partial charge in [0.1, 0.15) is 0 Å². The van der Waals surface area contributed by atoms with Gasteiger partial charge in [-0.15, -0.1) is 0 Å². The molecule has 1 aliphatic rings. The van der Waals surface area contributed by atoms with Gasteiger partial charge in [0.05, 0.1) is 17.7 Å². The summed E-state index contributed by atoms with van der Waals surface area (Å²) in [6.45, 7) is 2.09. The Morgan fingerprint density at radius 3 is 2.90 bits per heavy atom. The van der Waals surface area contributed by atoms with Gasteiger partial charge in [0.25, 0.3) is 0 Å². The van der Waals surface area contributed by atoms with Gasteiger partial charge in [0, 0.05) is 19.3 Å². The number of hydrogen-bond acceptors (Lipinski definition) is 3. The van der Waals surface area contributed by atoms with Crippen LogP contribution in [0.3, 0.4) is 0 Å². The highest BCUT2D eigenvalue weighted by molar-refractivity contribution is 5.79. The van der Waals surface area contributed by atoms with Crippen LogP contribution >= 0.6 is 0 Å². The number of pyridine rings is 1. The van der Waals surface area contributed by atoms with E-state index in [4.69, 9.17) is 0 Å². The van der Waals surface area contributed by atoms with Gasteiger partial charge in [-0.2, -0.15) is 0 Å². The number of carbonyl (C=O) groups is 2. The first kappa shape index (κ1) is 15.3. The van der Waals surface area contributed by atoms with E-state index in [-0.39, 0.29) is 12.1 Å². The van der Waals surface area contributed by atoms with Crippen molar-refractivity contribution in [2.45, 2.75) is 38.8 Å². The molecular weight excluding hydrogens is 270 g/mol. The molecule has 0 aliphatic heterocycles. The first-order valence-electron chi connectivity index (χ1n) is 7.08. The third-order valence-corrected chi connectivity index (χ3v) is 4.22. The van der Waals surface area contributed by atoms with Gasteiger partial charge < -0.3 is 15.3 Å². The number of aromatic nitrogens is 1. The maximum Gasteiger partial charge on any atom is 0.317 e. The zero-order valence-corrected chi connectivity index (χ0v) is 12.4. The fraction of sp³-hybridized carbons (Fsp3) is 0.533. The van der Waals surface area contributed by atoms with Gasteiger partial charge in [-0.3, -0.25) is 9.78 Å². The van der Waals surface area contributed by atoms with Crippen LogP contribution in [0.4, 0.5) is 4.79 Å². The van der Waals surface area contributed by atoms with Crippen molar-refractivity contribution >= 4 is 12.0 Å². The fourth-order valence-electron chi connectivity index (χ4n) is 2.72. The molecule has 114 valence electrons. The smallest absolute Gasteiger partial charge is 0.317 e. The molecule has 1 aromatic rings. The van der Waals surface area contributed by atoms with Crippen LogP contribution in [0.25, 0.3) is 0 Å². The molecule has 2 unspecified atom stereocenters. The van der Waals surface area contributed by atoms with Gasteiger partial charge in [0.2, 0.25) is 0 Å². The summed E-state index contributed by atoms with van der Waals surface area (Å²) in [5.41, 5.74) is -0.0795. The molecule has 21 heavy (non-hydrogen) atoms. The molecule has 0 spiro atoms. The van der Waals surface area contributed by atoms with Crippen molar-refractivity contribution in [2.24, 2.45) is 5.41 Å². The van der Waals surface area contributed by atoms with Crippen LogP contribution in [0.15, 0.2) is 24.4 Å². The van der Waals surface area contributed by atoms with Gasteiger partial charge in [-0.05, 0) is 31.9 Å². The van der Waals surface area contributed by atoms with Crippen molar-refractivity contribution in [3.63, 3.8) is 0 Å². The summed E-state index contributed by atoms with van der Waals surface area (Å²) in [4.78, 5) is 29.3. The lowest BCUT2D eigenvalue weighted by Gasteiger charge is -2.29. The lowest BCUT2D eigenvalue weighted by molar-refractivity contribution is -0.148. The number of rotatable bonds is 4. The van der Waals surface area contributed by atoms with Crippen LogP contribution in [0.1, 0.15) is 31.9 Å². The quantitative estimate of drug-likeness (QED) is 0.887. The molecular formula is C15H21N3O3. The number of carbonyl (C=O) groups excluding carboxylic acids is 1. The van der Waals surface area contributed by atoms with Crippen molar-refractivity contribution in [3.05, 3.63) is 30.1 Å². The molecule has 2 N–H and O–H groups in total. The SMILES string of the molecule is CN(Cc1ccccn1)C(=O)NC1CCCC1(C)C(=O)O. The van der Waals surface area contributed by atoms with Gasteiger partial charge in [-0.1, -0.05) is 12.5 Å². The van der Waals surface area contributed by atoms with Crippen LogP contribution < -0.4 is 5.32 Å². The number of carboxylic acid groups (broad SMARTS) is 1. The Morgan fingerprint density at radius 1 is 1.52 bits per heavy atom. The highest BCUT2D eigenvalue weighted by Gasteiger charge is 2.46. The third-order valence-electron chi connectivity index (χ3n) is 4.22. The second-order valence-corrected chi connectivity index (χ2v) is 5.79. The Labute approximate surface area is 124 Å². The second kappa shape index (κ2) is 6.11. The molecule has 2 atom stereocenters. The molecule has 0 aromatic carbocycles. The normalized spacial score (nSPS) is 24.6. The number of nitrogens with zero attached hydrogens (tertiary/aromatic N) is 2. The molecule has 1 fully saturated rings. The van der Waals surface area contributed by atoms with Crippen molar-refractivity contribution < 1.29 is 14.7 Å². The number of aliphatic carboxylic acids is 1. The molecule has 1 saturated carbocycles. The van der Waals surface area contributed by atoms with Crippen molar-refractivity contribution in [1.29, 1.82) is 0 Å². The van der Waals surface area contributed by atoms with E-state index in [1.165, 1.54) is 4.90 Å². The predicted octanol–water partition coefficient (Wildman–Crippen LogP) is 1.87. The number of amides is 2. The minimum Gasteiger partial charge on any atom is -0.481 e. The molecule has 6 heteroatoms. The summed E-state index contributed by atoms with van der Waals surface area (Å²) in [6.07, 6.45) is 3.79. The first-order chi connectivity index (χ1) is 9.93. The topological polar surface area (TPSA) is 82.5 Å². The average Bonchev–Trinajstić information content (AvgIpc) is 2.82. The summed E-state index contributed by atoms with van der Waals surface area (Å²) in [6, 6.07) is 4.95. The molecule has 2 amide bonds. The summed E-state index contributed by atoms with van der Waals surface area (Å²) in [5, 5.41) is 12.2. The van der Waals surface area contributed by atoms with E-state index in [2.05, 4.69) is 10.3 Å². The largest absolute Gasteiger partial charge is 0.481 e. The van der Waals surface area contributed by atoms with Crippen LogP contribution in [0.5, 0.6) is 0 Å². The molecule has 1 heterocycles. The van der Waals surface area contributed by atoms with E-state index >= 15 is 0 Å². The summed E-state index contributed by atoms with van der Waals surface area (Å²) < 4.78 is 0. The number of urea groups is 1. The number of carboxylic acids is 1. The summed E-state index contributed by atoms with van der Waals surface area (Å²) >= 11 is 0. The Hall–Kier alpha value is -2.11. The highest BCUT2D eigenvalue weighted by Crippen LogP contribution is 2.38. The Bertz CT molecular complexity index is 520. The zero-order chi connectivity index (χ0) is 15.5. The minimum absolute atomic E-state index is 0.264. The van der Waals surface area contributed by atoms with E-state index in [0.29, 0.717) is 19.4 Å². The number of nitrogens with one attached hydrogen (secondary N) is 1. The van der Waals surface area contributed by atoms with E-state index < -0.39 is 11.4 Å². The molecule has 1 aromatic heterocycles. The maximum atomic E-state index is 12.2. The molecule has 0 radical (unpaired) electrons. The van der Waals surface area contributed by atoms with E-state index in [9.17, 15) is 14.7 Å². The Morgan fingerprint density at radius 2 is 2.29 bits per heavy atom. The molecule has 6 nitrogen and oxygen atoms in total. The lowest BCUT2D eigenvalue weighted by atomic mass is 9.85. The fourth-order valence-corrected chi connectivity index (χ4v) is 2.72. The van der Waals surface area contributed by atoms with E-state index in [1.807, 2.05) is 18.2 Å². The summed E-state index contributed by atoms with van der Waals surface area (Å²) in [5.74, 6) is -0.849. The molecule has 0 bridgehead atoms. The van der Waals surface area contributed by atoms with Crippen molar-refractivity contribution in [2.75, 3.05) is 7.05 Å². The lowest BCUT2D eigenvalue weighted by Crippen LogP contribution is -2.50. The molecule has 2 rings (SSSR count). The van der Waals surface area contributed by atoms with E-state index in [0.717, 1.165) is 12.1 Å². The Balaban J connectivity index is 1.96. The van der Waals surface area contributed by atoms with Crippen LogP contribution in [0, 0.1) is 5.41 Å². The van der Waals surface area contributed by atoms with Crippen LogP contribution in [-0.2, 0) is 11.3 Å². The van der Waals surface area contributed by atoms with E-state index in [1.54, 1.807) is 20.2 Å². The molecule has 0 saturated heterocycles. The average molecular weight is 291 g/mol. The van der Waals surface area contributed by atoms with Crippen LogP contribution in [-0.4, -0.2) is 40.1 Å². The highest BCUT2D eigenvalue weighted by atomic mass is 16.4. The monoisotopic (exact) mass is 291 g/mol. The minimum atomic E-state index is -0.874. The Kier molecular flexibility index (Phi) is 4.45. The summed E-state index contributed by atoms with van der Waals surface area (Å²) in [7, 11) is 1.68. The van der Waals surface area contributed by atoms with Gasteiger partial charge >= 0.3 is 12.0 Å². The van der Waals surface area contributed by atoms with Crippen molar-refractivity contribution in [1.82, 2.24) is 15.2 Å². The standard InChI is InChI=1S/C15H21N3O3/c1-15(13(19)20)8-5-7-12(15)17-14(21)18(2)10-11-6-3-4-9-16-11/h3-4,6,9,12H,5,7-8,10H2,1-2H3,(H,17,21)(H,19,20). The maximum absolute atomic E-state index is 12.2. The van der Waals surface area contributed by atoms with Crippen LogP contribution in [0.2, 0.25) is 0 Å². The van der Waals surface area contributed by atoms with Gasteiger partial charge in [0.15, 0.2) is 0 Å². The zero-order valence-electron chi connectivity index (χ0n) is 12.4.